The Morgan fingerprint density at radius 2 is 1.77 bits per heavy atom. The van der Waals surface area contributed by atoms with E-state index in [0.29, 0.717) is 19.1 Å². The summed E-state index contributed by atoms with van der Waals surface area (Å²) in [5.74, 6) is -1.27. The van der Waals surface area contributed by atoms with Gasteiger partial charge in [-0.25, -0.2) is 0 Å². The summed E-state index contributed by atoms with van der Waals surface area (Å²) in [6.07, 6.45) is 2.32. The van der Waals surface area contributed by atoms with E-state index in [1.54, 1.807) is 13.8 Å². The van der Waals surface area contributed by atoms with E-state index in [-0.39, 0.29) is 29.1 Å². The predicted octanol–water partition coefficient (Wildman–Crippen LogP) is 2.59. The number of hydrogen-bond acceptors (Lipinski definition) is 5. The molecule has 5 heteroatoms. The molecule has 0 amide bonds. The van der Waals surface area contributed by atoms with E-state index in [0.717, 1.165) is 6.42 Å². The van der Waals surface area contributed by atoms with Crippen molar-refractivity contribution in [2.45, 2.75) is 77.6 Å². The average Bonchev–Trinajstić information content (AvgIpc) is 2.50. The third-order valence-electron chi connectivity index (χ3n) is 8.21. The summed E-state index contributed by atoms with van der Waals surface area (Å²) in [6.45, 7) is 11.3. The van der Waals surface area contributed by atoms with Crippen LogP contribution < -0.4 is 0 Å². The molecular weight excluding hydrogens is 332 g/mol. The lowest BCUT2D eigenvalue weighted by atomic mass is 9.33. The zero-order chi connectivity index (χ0) is 19.9. The van der Waals surface area contributed by atoms with Gasteiger partial charge in [0.15, 0.2) is 5.78 Å². The van der Waals surface area contributed by atoms with E-state index in [1.807, 2.05) is 27.7 Å². The highest BCUT2D eigenvalue weighted by molar-refractivity contribution is 6.04. The highest BCUT2D eigenvalue weighted by Gasteiger charge is 2.79. The summed E-state index contributed by atoms with van der Waals surface area (Å²) in [5.41, 5.74) is -5.41. The van der Waals surface area contributed by atoms with Crippen molar-refractivity contribution >= 4 is 5.78 Å². The summed E-state index contributed by atoms with van der Waals surface area (Å²) < 4.78 is 0. The zero-order valence-electron chi connectivity index (χ0n) is 16.8. The third kappa shape index (κ3) is 2.05. The van der Waals surface area contributed by atoms with Crippen molar-refractivity contribution in [2.24, 2.45) is 35.0 Å². The van der Waals surface area contributed by atoms with Gasteiger partial charge < -0.3 is 20.4 Å². The topological polar surface area (TPSA) is 98.0 Å². The first-order chi connectivity index (χ1) is 11.8. The second kappa shape index (κ2) is 5.55. The van der Waals surface area contributed by atoms with Gasteiger partial charge in [-0.1, -0.05) is 34.1 Å². The molecular formula is C21H34O5. The van der Waals surface area contributed by atoms with E-state index in [2.05, 4.69) is 0 Å². The first-order valence-electron chi connectivity index (χ1n) is 9.87. The summed E-state index contributed by atoms with van der Waals surface area (Å²) in [5, 5.41) is 44.1. The fraction of sp³-hybridized carbons (Fsp3) is 0.857. The number of Topliss-reactive ketones (excluding diaryl/α,β-unsaturated/α-hetero) is 1. The molecule has 2 bridgehead atoms. The molecule has 4 fully saturated rings. The highest BCUT2D eigenvalue weighted by atomic mass is 16.4. The lowest BCUT2D eigenvalue weighted by Crippen LogP contribution is -2.81. The van der Waals surface area contributed by atoms with Crippen molar-refractivity contribution in [3.63, 3.8) is 0 Å². The molecule has 0 radical (unpaired) electrons. The predicted molar refractivity (Wildman–Crippen MR) is 98.3 cm³/mol. The van der Waals surface area contributed by atoms with Gasteiger partial charge in [-0.3, -0.25) is 4.79 Å². The van der Waals surface area contributed by atoms with Crippen LogP contribution in [0.1, 0.15) is 60.8 Å². The van der Waals surface area contributed by atoms with Crippen LogP contribution in [0, 0.1) is 35.0 Å². The van der Waals surface area contributed by atoms with E-state index >= 15 is 0 Å². The molecule has 0 aromatic heterocycles. The van der Waals surface area contributed by atoms with Gasteiger partial charge in [-0.15, -0.1) is 0 Å². The number of aliphatic hydroxyl groups excluding tert-OH is 1. The Kier molecular flexibility index (Phi) is 4.24. The fourth-order valence-corrected chi connectivity index (χ4v) is 7.49. The molecule has 0 aromatic rings. The van der Waals surface area contributed by atoms with Crippen molar-refractivity contribution in [1.82, 2.24) is 0 Å². The molecule has 4 aliphatic carbocycles. The van der Waals surface area contributed by atoms with Crippen LogP contribution in [0.3, 0.4) is 0 Å². The standard InChI is InChI=1S/C21H34O5/c1-7-11(2)16-19(5)15-12(3)8-18(4,24)9-13(15)21(26,20(16,6)25)14(10-22)17(19)23/h10-13,15-16,22,24-26H,7-9H2,1-6H3/b14-10+/t11-,12-,13+,15+,16-,18-,19-,20+,21+/m1/s1. The molecule has 4 saturated carbocycles. The van der Waals surface area contributed by atoms with E-state index < -0.39 is 34.1 Å². The molecule has 0 aromatic carbocycles. The Bertz CT molecular complexity index is 651. The van der Waals surface area contributed by atoms with E-state index in [4.69, 9.17) is 0 Å². The van der Waals surface area contributed by atoms with Crippen LogP contribution in [0.15, 0.2) is 11.8 Å². The van der Waals surface area contributed by atoms with Gasteiger partial charge in [-0.05, 0) is 44.4 Å². The van der Waals surface area contributed by atoms with Gasteiger partial charge in [0.05, 0.1) is 23.0 Å². The van der Waals surface area contributed by atoms with Crippen molar-refractivity contribution in [3.8, 4) is 0 Å². The van der Waals surface area contributed by atoms with Crippen LogP contribution in [0.2, 0.25) is 0 Å². The Hall–Kier alpha value is -0.910. The Morgan fingerprint density at radius 1 is 1.19 bits per heavy atom. The minimum Gasteiger partial charge on any atom is -0.515 e. The molecule has 148 valence electrons. The van der Waals surface area contributed by atoms with Gasteiger partial charge in [-0.2, -0.15) is 0 Å². The monoisotopic (exact) mass is 366 g/mol. The maximum absolute atomic E-state index is 13.5. The van der Waals surface area contributed by atoms with Crippen molar-refractivity contribution < 1.29 is 25.2 Å². The number of carbonyl (C=O) groups excluding carboxylic acids is 1. The lowest BCUT2D eigenvalue weighted by molar-refractivity contribution is -0.301. The largest absolute Gasteiger partial charge is 0.515 e. The number of fused-ring (bicyclic) bond motifs is 2. The zero-order valence-corrected chi connectivity index (χ0v) is 16.8. The molecule has 0 spiro atoms. The molecule has 0 heterocycles. The van der Waals surface area contributed by atoms with Gasteiger partial charge >= 0.3 is 0 Å². The summed E-state index contributed by atoms with van der Waals surface area (Å²) in [4.78, 5) is 13.5. The number of hydrogen-bond donors (Lipinski definition) is 4. The number of rotatable bonds is 2. The molecule has 0 aliphatic heterocycles. The van der Waals surface area contributed by atoms with Gasteiger partial charge in [0.25, 0.3) is 0 Å². The first-order valence-corrected chi connectivity index (χ1v) is 9.87. The first kappa shape index (κ1) is 19.8. The quantitative estimate of drug-likeness (QED) is 0.445. The van der Waals surface area contributed by atoms with Crippen molar-refractivity contribution in [3.05, 3.63) is 11.8 Å². The number of ketones is 1. The van der Waals surface area contributed by atoms with Crippen molar-refractivity contribution in [1.29, 1.82) is 0 Å². The van der Waals surface area contributed by atoms with Crippen LogP contribution in [0.4, 0.5) is 0 Å². The number of carbonyl (C=O) groups is 1. The van der Waals surface area contributed by atoms with Crippen molar-refractivity contribution in [2.75, 3.05) is 0 Å². The van der Waals surface area contributed by atoms with Crippen LogP contribution in [-0.2, 0) is 4.79 Å². The molecule has 9 atom stereocenters. The average molecular weight is 366 g/mol. The molecule has 0 saturated heterocycles. The minimum atomic E-state index is -1.87. The van der Waals surface area contributed by atoms with Crippen LogP contribution >= 0.6 is 0 Å². The van der Waals surface area contributed by atoms with Gasteiger partial charge in [0, 0.05) is 17.3 Å². The summed E-state index contributed by atoms with van der Waals surface area (Å²) in [6, 6.07) is 0. The lowest BCUT2D eigenvalue weighted by Gasteiger charge is -2.72. The van der Waals surface area contributed by atoms with E-state index in [9.17, 15) is 25.2 Å². The fourth-order valence-electron chi connectivity index (χ4n) is 7.49. The second-order valence-corrected chi connectivity index (χ2v) is 9.95. The molecule has 26 heavy (non-hydrogen) atoms. The summed E-state index contributed by atoms with van der Waals surface area (Å²) in [7, 11) is 0. The van der Waals surface area contributed by atoms with Crippen LogP contribution in [0.25, 0.3) is 0 Å². The maximum Gasteiger partial charge on any atom is 0.171 e. The number of aliphatic hydroxyl groups is 4. The normalized spacial score (nSPS) is 56.5. The Balaban J connectivity index is 2.32. The second-order valence-electron chi connectivity index (χ2n) is 9.95. The summed E-state index contributed by atoms with van der Waals surface area (Å²) >= 11 is 0. The van der Waals surface area contributed by atoms with Gasteiger partial charge in [0.1, 0.15) is 5.60 Å². The van der Waals surface area contributed by atoms with Crippen LogP contribution in [-0.4, -0.2) is 43.0 Å². The maximum atomic E-state index is 13.5. The molecule has 4 rings (SSSR count). The third-order valence-corrected chi connectivity index (χ3v) is 8.21. The minimum absolute atomic E-state index is 0.0205. The van der Waals surface area contributed by atoms with E-state index in [1.165, 1.54) is 0 Å². The highest BCUT2D eigenvalue weighted by Crippen LogP contribution is 2.71. The Labute approximate surface area is 156 Å². The smallest absolute Gasteiger partial charge is 0.171 e. The molecule has 0 unspecified atom stereocenters. The SMILES string of the molecule is CC[C@@H](C)[C@@H]1[C@]2(C)C(=O)/C(=C\O)[C@@](O)([C@H]3C[C@](C)(O)C[C@@H](C)[C@@H]32)[C@@]1(C)O. The van der Waals surface area contributed by atoms with Gasteiger partial charge in [0.2, 0.25) is 0 Å². The molecule has 4 aliphatic rings. The molecule has 4 N–H and O–H groups in total. The Morgan fingerprint density at radius 3 is 2.27 bits per heavy atom. The van der Waals surface area contributed by atoms with Crippen LogP contribution in [0.5, 0.6) is 0 Å². The molecule has 5 nitrogen and oxygen atoms in total.